The van der Waals surface area contributed by atoms with Crippen LogP contribution in [0.25, 0.3) is 5.69 Å². The van der Waals surface area contributed by atoms with E-state index in [1.54, 1.807) is 28.9 Å². The highest BCUT2D eigenvalue weighted by Crippen LogP contribution is 2.18. The molecule has 1 heterocycles. The van der Waals surface area contributed by atoms with E-state index in [4.69, 9.17) is 11.5 Å². The van der Waals surface area contributed by atoms with Crippen LogP contribution >= 0.6 is 0 Å². The van der Waals surface area contributed by atoms with Crippen molar-refractivity contribution in [2.24, 2.45) is 5.73 Å². The first kappa shape index (κ1) is 10.5. The Bertz CT molecular complexity index is 492. The number of phenolic OH excluding ortho intramolecular Hbond substituents is 1. The molecule has 0 aliphatic heterocycles. The van der Waals surface area contributed by atoms with Crippen LogP contribution in [0, 0.1) is 0 Å². The molecular weight excluding hydrogens is 204 g/mol. The average molecular weight is 218 g/mol. The third kappa shape index (κ3) is 1.99. The monoisotopic (exact) mass is 218 g/mol. The van der Waals surface area contributed by atoms with E-state index in [0.717, 1.165) is 11.4 Å². The third-order valence-corrected chi connectivity index (χ3v) is 2.28. The zero-order valence-electron chi connectivity index (χ0n) is 8.80. The summed E-state index contributed by atoms with van der Waals surface area (Å²) >= 11 is 0. The van der Waals surface area contributed by atoms with E-state index in [1.807, 2.05) is 6.07 Å². The van der Waals surface area contributed by atoms with Crippen LogP contribution in [-0.4, -0.2) is 21.4 Å². The molecule has 5 heteroatoms. The molecule has 5 nitrogen and oxygen atoms in total. The normalized spacial score (nSPS) is 10.6. The van der Waals surface area contributed by atoms with Crippen LogP contribution in [0.5, 0.6) is 5.75 Å². The van der Waals surface area contributed by atoms with E-state index in [2.05, 4.69) is 5.10 Å². The largest absolute Gasteiger partial charge is 0.508 e. The number of phenols is 1. The molecule has 2 rings (SSSR count). The van der Waals surface area contributed by atoms with Crippen molar-refractivity contribution in [3.63, 3.8) is 0 Å². The number of rotatable bonds is 3. The zero-order chi connectivity index (χ0) is 11.5. The van der Waals surface area contributed by atoms with Gasteiger partial charge in [0.25, 0.3) is 0 Å². The van der Waals surface area contributed by atoms with Crippen molar-refractivity contribution < 1.29 is 5.11 Å². The fourth-order valence-electron chi connectivity index (χ4n) is 1.61. The van der Waals surface area contributed by atoms with Crippen molar-refractivity contribution in [3.8, 4) is 11.4 Å². The van der Waals surface area contributed by atoms with Gasteiger partial charge in [-0.15, -0.1) is 0 Å². The van der Waals surface area contributed by atoms with Gasteiger partial charge >= 0.3 is 0 Å². The maximum atomic E-state index is 9.40. The Labute approximate surface area is 93.3 Å². The second-order valence-corrected chi connectivity index (χ2v) is 3.53. The Balaban J connectivity index is 2.46. The van der Waals surface area contributed by atoms with Crippen LogP contribution < -0.4 is 11.5 Å². The third-order valence-electron chi connectivity index (χ3n) is 2.28. The summed E-state index contributed by atoms with van der Waals surface area (Å²) in [5.41, 5.74) is 12.9. The first-order valence-corrected chi connectivity index (χ1v) is 5.04. The van der Waals surface area contributed by atoms with Gasteiger partial charge in [0.2, 0.25) is 0 Å². The number of nitrogen functional groups attached to an aromatic ring is 1. The molecule has 0 bridgehead atoms. The highest BCUT2D eigenvalue weighted by molar-refractivity contribution is 5.42. The first-order chi connectivity index (χ1) is 7.70. The molecule has 0 aliphatic carbocycles. The van der Waals surface area contributed by atoms with Gasteiger partial charge < -0.3 is 16.6 Å². The molecule has 0 atom stereocenters. The van der Waals surface area contributed by atoms with Crippen LogP contribution in [0.3, 0.4) is 0 Å². The maximum absolute atomic E-state index is 9.40. The molecule has 1 aromatic carbocycles. The van der Waals surface area contributed by atoms with E-state index in [9.17, 15) is 5.11 Å². The number of aromatic hydroxyl groups is 1. The first-order valence-electron chi connectivity index (χ1n) is 5.04. The second kappa shape index (κ2) is 4.24. The zero-order valence-corrected chi connectivity index (χ0v) is 8.80. The quantitative estimate of drug-likeness (QED) is 0.706. The molecular formula is C11H14N4O. The standard InChI is InChI=1S/C11H14N4O/c12-5-4-9-7-11(13)14-15(9)8-2-1-3-10(16)6-8/h1-3,6-7,16H,4-5,12H2,(H2,13,14). The average Bonchev–Trinajstić information content (AvgIpc) is 2.60. The van der Waals surface area contributed by atoms with E-state index in [0.29, 0.717) is 18.8 Å². The minimum absolute atomic E-state index is 0.199. The molecule has 5 N–H and O–H groups in total. The van der Waals surface area contributed by atoms with Gasteiger partial charge in [-0.2, -0.15) is 5.10 Å². The van der Waals surface area contributed by atoms with Crippen molar-refractivity contribution in [2.45, 2.75) is 6.42 Å². The number of benzene rings is 1. The van der Waals surface area contributed by atoms with Crippen molar-refractivity contribution in [1.29, 1.82) is 0 Å². The van der Waals surface area contributed by atoms with Crippen LogP contribution in [-0.2, 0) is 6.42 Å². The Kier molecular flexibility index (Phi) is 2.78. The van der Waals surface area contributed by atoms with E-state index >= 15 is 0 Å². The Morgan fingerprint density at radius 1 is 1.31 bits per heavy atom. The van der Waals surface area contributed by atoms with E-state index < -0.39 is 0 Å². The predicted octanol–water partition coefficient (Wildman–Crippen LogP) is 0.661. The van der Waals surface area contributed by atoms with Crippen LogP contribution in [0.1, 0.15) is 5.69 Å². The minimum atomic E-state index is 0.199. The lowest BCUT2D eigenvalue weighted by Gasteiger charge is -2.06. The van der Waals surface area contributed by atoms with Crippen LogP contribution in [0.4, 0.5) is 5.82 Å². The van der Waals surface area contributed by atoms with Crippen molar-refractivity contribution >= 4 is 5.82 Å². The number of nitrogens with zero attached hydrogens (tertiary/aromatic N) is 2. The Morgan fingerprint density at radius 3 is 2.81 bits per heavy atom. The molecule has 0 unspecified atom stereocenters. The summed E-state index contributed by atoms with van der Waals surface area (Å²) < 4.78 is 1.70. The topological polar surface area (TPSA) is 90.1 Å². The second-order valence-electron chi connectivity index (χ2n) is 3.53. The molecule has 16 heavy (non-hydrogen) atoms. The van der Waals surface area contributed by atoms with Crippen LogP contribution in [0.2, 0.25) is 0 Å². The molecule has 0 spiro atoms. The number of hydrogen-bond acceptors (Lipinski definition) is 4. The van der Waals surface area contributed by atoms with E-state index in [-0.39, 0.29) is 5.75 Å². The highest BCUT2D eigenvalue weighted by Gasteiger charge is 2.07. The molecule has 0 radical (unpaired) electrons. The summed E-state index contributed by atoms with van der Waals surface area (Å²) in [6, 6.07) is 8.64. The van der Waals surface area contributed by atoms with Crippen molar-refractivity contribution in [3.05, 3.63) is 36.0 Å². The molecule has 84 valence electrons. The van der Waals surface area contributed by atoms with Crippen LogP contribution in [0.15, 0.2) is 30.3 Å². The maximum Gasteiger partial charge on any atom is 0.146 e. The van der Waals surface area contributed by atoms with Gasteiger partial charge in [0.15, 0.2) is 0 Å². The predicted molar refractivity (Wildman–Crippen MR) is 62.4 cm³/mol. The van der Waals surface area contributed by atoms with Gasteiger partial charge in [0.1, 0.15) is 11.6 Å². The van der Waals surface area contributed by atoms with Gasteiger partial charge in [0.05, 0.1) is 5.69 Å². The molecule has 0 amide bonds. The van der Waals surface area contributed by atoms with Gasteiger partial charge in [-0.1, -0.05) is 6.07 Å². The lowest BCUT2D eigenvalue weighted by Crippen LogP contribution is -2.08. The fourth-order valence-corrected chi connectivity index (χ4v) is 1.61. The van der Waals surface area contributed by atoms with Gasteiger partial charge in [-0.25, -0.2) is 4.68 Å². The summed E-state index contributed by atoms with van der Waals surface area (Å²) in [4.78, 5) is 0. The summed E-state index contributed by atoms with van der Waals surface area (Å²) in [5.74, 6) is 0.650. The Hall–Kier alpha value is -2.01. The Morgan fingerprint density at radius 2 is 2.12 bits per heavy atom. The number of nitrogens with two attached hydrogens (primary N) is 2. The SMILES string of the molecule is NCCc1cc(N)nn1-c1cccc(O)c1. The fraction of sp³-hybridized carbons (Fsp3) is 0.182. The van der Waals surface area contributed by atoms with Gasteiger partial charge in [-0.3, -0.25) is 0 Å². The van der Waals surface area contributed by atoms with Gasteiger partial charge in [-0.05, 0) is 18.7 Å². The highest BCUT2D eigenvalue weighted by atomic mass is 16.3. The van der Waals surface area contributed by atoms with Gasteiger partial charge in [0, 0.05) is 24.2 Å². The van der Waals surface area contributed by atoms with E-state index in [1.165, 1.54) is 0 Å². The summed E-state index contributed by atoms with van der Waals surface area (Å²) in [6.45, 7) is 0.532. The van der Waals surface area contributed by atoms with Crippen molar-refractivity contribution in [1.82, 2.24) is 9.78 Å². The number of anilines is 1. The van der Waals surface area contributed by atoms with Crippen molar-refractivity contribution in [2.75, 3.05) is 12.3 Å². The molecule has 0 fully saturated rings. The number of hydrogen-bond donors (Lipinski definition) is 3. The molecule has 0 saturated heterocycles. The molecule has 1 aromatic heterocycles. The smallest absolute Gasteiger partial charge is 0.146 e. The minimum Gasteiger partial charge on any atom is -0.508 e. The molecule has 2 aromatic rings. The summed E-state index contributed by atoms with van der Waals surface area (Å²) in [5, 5.41) is 13.6. The molecule has 0 saturated carbocycles. The lowest BCUT2D eigenvalue weighted by atomic mass is 10.2. The molecule has 0 aliphatic rings. The summed E-state index contributed by atoms with van der Waals surface area (Å²) in [6.07, 6.45) is 0.694. The lowest BCUT2D eigenvalue weighted by molar-refractivity contribution is 0.474. The summed E-state index contributed by atoms with van der Waals surface area (Å²) in [7, 11) is 0. The number of aromatic nitrogens is 2.